The van der Waals surface area contributed by atoms with Crippen molar-refractivity contribution in [3.8, 4) is 0 Å². The molecule has 0 atom stereocenters. The highest BCUT2D eigenvalue weighted by Gasteiger charge is 1.98. The van der Waals surface area contributed by atoms with Gasteiger partial charge in [0.1, 0.15) is 12.2 Å². The van der Waals surface area contributed by atoms with E-state index in [0.29, 0.717) is 0 Å². The van der Waals surface area contributed by atoms with Gasteiger partial charge in [0.2, 0.25) is 0 Å². The van der Waals surface area contributed by atoms with Gasteiger partial charge in [0.25, 0.3) is 0 Å². The molecule has 0 fully saturated rings. The number of unbranched alkanes of at least 4 members (excludes halogenated alkanes) is 1. The summed E-state index contributed by atoms with van der Waals surface area (Å²) in [6, 6.07) is 0. The lowest BCUT2D eigenvalue weighted by molar-refractivity contribution is 0.609. The third-order valence-corrected chi connectivity index (χ3v) is 2.74. The van der Waals surface area contributed by atoms with E-state index in [2.05, 4.69) is 21.8 Å². The Morgan fingerprint density at radius 1 is 1.50 bits per heavy atom. The Hall–Kier alpha value is -0.550. The number of nitrogens with zero attached hydrogens (tertiary/aromatic N) is 3. The zero-order valence-electron chi connectivity index (χ0n) is 8.86. The van der Waals surface area contributed by atoms with Gasteiger partial charge in [-0.05, 0) is 31.4 Å². The summed E-state index contributed by atoms with van der Waals surface area (Å²) in [5.74, 6) is 2.25. The molecule has 0 aromatic carbocycles. The van der Waals surface area contributed by atoms with Crippen LogP contribution >= 0.6 is 11.8 Å². The Kier molecular flexibility index (Phi) is 5.63. The highest BCUT2D eigenvalue weighted by Crippen LogP contribution is 1.98. The van der Waals surface area contributed by atoms with Crippen LogP contribution in [0, 0.1) is 0 Å². The summed E-state index contributed by atoms with van der Waals surface area (Å²) in [6.45, 7) is 1.88. The van der Waals surface area contributed by atoms with E-state index in [0.717, 1.165) is 18.9 Å². The molecule has 1 aromatic rings. The monoisotopic (exact) mass is 214 g/mol. The lowest BCUT2D eigenvalue weighted by Gasteiger charge is -2.03. The van der Waals surface area contributed by atoms with Crippen LogP contribution in [0.4, 0.5) is 0 Å². The maximum absolute atomic E-state index is 4.00. The first-order valence-corrected chi connectivity index (χ1v) is 6.26. The van der Waals surface area contributed by atoms with E-state index >= 15 is 0 Å². The van der Waals surface area contributed by atoms with E-state index in [1.807, 2.05) is 23.4 Å². The molecule has 0 bridgehead atoms. The first kappa shape index (κ1) is 11.5. The Morgan fingerprint density at radius 2 is 2.36 bits per heavy atom. The molecule has 0 amide bonds. The summed E-state index contributed by atoms with van der Waals surface area (Å²) >= 11 is 1.91. The van der Waals surface area contributed by atoms with Crippen molar-refractivity contribution in [2.45, 2.75) is 19.4 Å². The highest BCUT2D eigenvalue weighted by molar-refractivity contribution is 7.98. The predicted molar refractivity (Wildman–Crippen MR) is 60.3 cm³/mol. The molecule has 1 heterocycles. The molecular weight excluding hydrogens is 196 g/mol. The molecule has 0 saturated heterocycles. The third kappa shape index (κ3) is 4.11. The molecule has 1 N–H and O–H groups in total. The Bertz CT molecular complexity index is 249. The van der Waals surface area contributed by atoms with Gasteiger partial charge in [-0.25, -0.2) is 0 Å². The van der Waals surface area contributed by atoms with E-state index < -0.39 is 0 Å². The number of nitrogens with one attached hydrogen (secondary N) is 1. The SMILES string of the molecule is CSCCCCNCc1nncn1C. The van der Waals surface area contributed by atoms with Crippen molar-refractivity contribution in [2.24, 2.45) is 7.05 Å². The van der Waals surface area contributed by atoms with Crippen LogP contribution in [-0.2, 0) is 13.6 Å². The summed E-state index contributed by atoms with van der Waals surface area (Å²) in [6.07, 6.45) is 6.39. The average Bonchev–Trinajstić information content (AvgIpc) is 2.58. The second-order valence-electron chi connectivity index (χ2n) is 3.23. The number of aryl methyl sites for hydroxylation is 1. The topological polar surface area (TPSA) is 42.7 Å². The van der Waals surface area contributed by atoms with Crippen molar-refractivity contribution in [1.29, 1.82) is 0 Å². The maximum atomic E-state index is 4.00. The van der Waals surface area contributed by atoms with Crippen LogP contribution in [0.5, 0.6) is 0 Å². The average molecular weight is 214 g/mol. The molecule has 1 rings (SSSR count). The molecule has 0 aliphatic heterocycles. The Morgan fingerprint density at radius 3 is 3.00 bits per heavy atom. The summed E-state index contributed by atoms with van der Waals surface area (Å²) in [5.41, 5.74) is 0. The van der Waals surface area contributed by atoms with Crippen LogP contribution < -0.4 is 5.32 Å². The largest absolute Gasteiger partial charge is 0.320 e. The van der Waals surface area contributed by atoms with Gasteiger partial charge in [-0.2, -0.15) is 11.8 Å². The fourth-order valence-electron chi connectivity index (χ4n) is 1.16. The number of aromatic nitrogens is 3. The van der Waals surface area contributed by atoms with Crippen LogP contribution in [0.25, 0.3) is 0 Å². The van der Waals surface area contributed by atoms with Crippen LogP contribution in [0.1, 0.15) is 18.7 Å². The maximum Gasteiger partial charge on any atom is 0.146 e. The van der Waals surface area contributed by atoms with Gasteiger partial charge >= 0.3 is 0 Å². The molecule has 0 spiro atoms. The lowest BCUT2D eigenvalue weighted by atomic mass is 10.3. The molecule has 0 aliphatic rings. The molecule has 14 heavy (non-hydrogen) atoms. The van der Waals surface area contributed by atoms with Gasteiger partial charge in [0.15, 0.2) is 0 Å². The summed E-state index contributed by atoms with van der Waals surface area (Å²) < 4.78 is 1.94. The van der Waals surface area contributed by atoms with Crippen molar-refractivity contribution in [1.82, 2.24) is 20.1 Å². The third-order valence-electron chi connectivity index (χ3n) is 2.04. The Balaban J connectivity index is 2.02. The van der Waals surface area contributed by atoms with Gasteiger partial charge in [-0.15, -0.1) is 10.2 Å². The number of hydrogen-bond donors (Lipinski definition) is 1. The van der Waals surface area contributed by atoms with E-state index in [4.69, 9.17) is 0 Å². The zero-order valence-corrected chi connectivity index (χ0v) is 9.68. The van der Waals surface area contributed by atoms with Gasteiger partial charge in [-0.1, -0.05) is 0 Å². The second kappa shape index (κ2) is 6.84. The molecule has 4 nitrogen and oxygen atoms in total. The van der Waals surface area contributed by atoms with E-state index in [9.17, 15) is 0 Å². The summed E-state index contributed by atoms with van der Waals surface area (Å²) in [7, 11) is 1.96. The van der Waals surface area contributed by atoms with Crippen molar-refractivity contribution in [2.75, 3.05) is 18.6 Å². The fraction of sp³-hybridized carbons (Fsp3) is 0.778. The van der Waals surface area contributed by atoms with E-state index in [1.54, 1.807) is 6.33 Å². The number of hydrogen-bond acceptors (Lipinski definition) is 4. The summed E-state index contributed by atoms with van der Waals surface area (Å²) in [5, 5.41) is 11.2. The van der Waals surface area contributed by atoms with Crippen molar-refractivity contribution < 1.29 is 0 Å². The fourth-order valence-corrected chi connectivity index (χ4v) is 1.66. The number of thioether (sulfide) groups is 1. The minimum atomic E-state index is 0.815. The second-order valence-corrected chi connectivity index (χ2v) is 4.22. The molecular formula is C9H18N4S. The van der Waals surface area contributed by atoms with Gasteiger partial charge in [0.05, 0.1) is 6.54 Å². The van der Waals surface area contributed by atoms with Crippen molar-refractivity contribution >= 4 is 11.8 Å². The normalized spacial score (nSPS) is 10.7. The lowest BCUT2D eigenvalue weighted by Crippen LogP contribution is -2.17. The summed E-state index contributed by atoms with van der Waals surface area (Å²) in [4.78, 5) is 0. The van der Waals surface area contributed by atoms with Crippen LogP contribution in [0.15, 0.2) is 6.33 Å². The van der Waals surface area contributed by atoms with Gasteiger partial charge in [0, 0.05) is 7.05 Å². The smallest absolute Gasteiger partial charge is 0.146 e. The molecule has 1 aromatic heterocycles. The van der Waals surface area contributed by atoms with Crippen LogP contribution in [-0.4, -0.2) is 33.3 Å². The molecule has 0 unspecified atom stereocenters. The van der Waals surface area contributed by atoms with E-state index in [-0.39, 0.29) is 0 Å². The first-order valence-electron chi connectivity index (χ1n) is 4.87. The minimum Gasteiger partial charge on any atom is -0.320 e. The molecule has 0 saturated carbocycles. The molecule has 5 heteroatoms. The predicted octanol–water partition coefficient (Wildman–Crippen LogP) is 1.05. The zero-order chi connectivity index (χ0) is 10.2. The molecule has 80 valence electrons. The molecule has 0 aliphatic carbocycles. The quantitative estimate of drug-likeness (QED) is 0.689. The standard InChI is InChI=1S/C9H18N4S/c1-13-8-11-12-9(13)7-10-5-3-4-6-14-2/h8,10H,3-7H2,1-2H3. The van der Waals surface area contributed by atoms with Crippen LogP contribution in [0.3, 0.4) is 0 Å². The van der Waals surface area contributed by atoms with Gasteiger partial charge in [-0.3, -0.25) is 0 Å². The van der Waals surface area contributed by atoms with E-state index in [1.165, 1.54) is 18.6 Å². The molecule has 0 radical (unpaired) electrons. The Labute approximate surface area is 89.5 Å². The minimum absolute atomic E-state index is 0.815. The number of rotatable bonds is 7. The van der Waals surface area contributed by atoms with Crippen LogP contribution in [0.2, 0.25) is 0 Å². The van der Waals surface area contributed by atoms with Crippen molar-refractivity contribution in [3.63, 3.8) is 0 Å². The highest BCUT2D eigenvalue weighted by atomic mass is 32.2. The first-order chi connectivity index (χ1) is 6.84. The van der Waals surface area contributed by atoms with Crippen molar-refractivity contribution in [3.05, 3.63) is 12.2 Å². The van der Waals surface area contributed by atoms with Gasteiger partial charge < -0.3 is 9.88 Å².